The molecule has 1 atom stereocenters. The molecule has 38 heavy (non-hydrogen) atoms. The summed E-state index contributed by atoms with van der Waals surface area (Å²) in [6, 6.07) is 5.63. The molecule has 1 aliphatic heterocycles. The van der Waals surface area contributed by atoms with Crippen LogP contribution in [0.25, 0.3) is 10.2 Å². The highest BCUT2D eigenvalue weighted by Gasteiger charge is 2.35. The fourth-order valence-corrected chi connectivity index (χ4v) is 6.58. The van der Waals surface area contributed by atoms with E-state index in [1.807, 2.05) is 18.2 Å². The number of esters is 1. The van der Waals surface area contributed by atoms with Gasteiger partial charge in [0.05, 0.1) is 17.9 Å². The number of ether oxygens (including phenoxy) is 1. The molecule has 2 aliphatic rings. The molecule has 3 heterocycles. The van der Waals surface area contributed by atoms with Crippen molar-refractivity contribution in [1.82, 2.24) is 15.3 Å². The standard InChI is InChI=1S/C26H23N5O6S/c1-2-37-26(36)13-5-6-15-16(13)17-23(34)29-22(30-25(17)38-15)24(35)28-10-11-3-4-12-7-8-31(14(12)9-11)19-18(27)20(32)21(19)33/h3-4,9,13H,2,5-8,10,27H2,1H3,(H,28,35)(H,29,30,34). The summed E-state index contributed by atoms with van der Waals surface area (Å²) in [7, 11) is 0. The molecule has 0 radical (unpaired) electrons. The second kappa shape index (κ2) is 8.91. The zero-order valence-corrected chi connectivity index (χ0v) is 21.2. The third-order valence-corrected chi connectivity index (χ3v) is 8.32. The van der Waals surface area contributed by atoms with Crippen LogP contribution in [0.3, 0.4) is 0 Å². The number of rotatable bonds is 6. The molecule has 0 spiro atoms. The maximum atomic E-state index is 13.0. The van der Waals surface area contributed by atoms with E-state index in [2.05, 4.69) is 15.3 Å². The molecule has 0 saturated carbocycles. The van der Waals surface area contributed by atoms with E-state index in [1.165, 1.54) is 11.3 Å². The third-order valence-electron chi connectivity index (χ3n) is 7.16. The second-order valence-electron chi connectivity index (χ2n) is 9.34. The number of aromatic amines is 1. The molecule has 1 unspecified atom stereocenters. The maximum Gasteiger partial charge on any atom is 0.313 e. The number of aryl methyl sites for hydroxylation is 1. The van der Waals surface area contributed by atoms with Crippen molar-refractivity contribution in [2.45, 2.75) is 38.6 Å². The summed E-state index contributed by atoms with van der Waals surface area (Å²) < 4.78 is 5.17. The number of anilines is 3. The lowest BCUT2D eigenvalue weighted by Gasteiger charge is -2.22. The van der Waals surface area contributed by atoms with Crippen LogP contribution in [-0.4, -0.2) is 35.0 Å². The molecular weight excluding hydrogens is 510 g/mol. The molecule has 11 nitrogen and oxygen atoms in total. The monoisotopic (exact) mass is 533 g/mol. The van der Waals surface area contributed by atoms with Gasteiger partial charge < -0.3 is 25.7 Å². The fraction of sp³-hybridized carbons (Fsp3) is 0.308. The van der Waals surface area contributed by atoms with Crippen molar-refractivity contribution in [3.63, 3.8) is 0 Å². The smallest absolute Gasteiger partial charge is 0.313 e. The lowest BCUT2D eigenvalue weighted by Crippen LogP contribution is -2.40. The van der Waals surface area contributed by atoms with Gasteiger partial charge in [0, 0.05) is 23.7 Å². The van der Waals surface area contributed by atoms with Gasteiger partial charge >= 0.3 is 5.97 Å². The largest absolute Gasteiger partial charge is 0.466 e. The van der Waals surface area contributed by atoms with E-state index in [4.69, 9.17) is 10.5 Å². The van der Waals surface area contributed by atoms with Crippen LogP contribution >= 0.6 is 11.3 Å². The molecule has 4 aromatic rings. The normalized spacial score (nSPS) is 16.1. The predicted octanol–water partition coefficient (Wildman–Crippen LogP) is 1.38. The van der Waals surface area contributed by atoms with Crippen LogP contribution in [0.4, 0.5) is 17.1 Å². The highest BCUT2D eigenvalue weighted by Crippen LogP contribution is 2.42. The Labute approximate surface area is 218 Å². The Kier molecular flexibility index (Phi) is 5.64. The van der Waals surface area contributed by atoms with Gasteiger partial charge in [0.1, 0.15) is 16.2 Å². The minimum Gasteiger partial charge on any atom is -0.466 e. The number of nitrogen functional groups attached to an aromatic ring is 1. The van der Waals surface area contributed by atoms with Gasteiger partial charge in [-0.2, -0.15) is 0 Å². The Morgan fingerprint density at radius 3 is 2.82 bits per heavy atom. The molecule has 194 valence electrons. The number of benzene rings is 1. The van der Waals surface area contributed by atoms with Crippen LogP contribution in [0.15, 0.2) is 32.6 Å². The summed E-state index contributed by atoms with van der Waals surface area (Å²) in [5.74, 6) is -1.52. The second-order valence-corrected chi connectivity index (χ2v) is 10.4. The van der Waals surface area contributed by atoms with Crippen LogP contribution in [-0.2, 0) is 28.9 Å². The fourth-order valence-electron chi connectivity index (χ4n) is 5.33. The number of H-pyrrole nitrogens is 1. The minimum absolute atomic E-state index is 0.0277. The lowest BCUT2D eigenvalue weighted by atomic mass is 10.0. The molecule has 0 saturated heterocycles. The van der Waals surface area contributed by atoms with Crippen LogP contribution < -0.4 is 32.4 Å². The van der Waals surface area contributed by atoms with Gasteiger partial charge in [-0.15, -0.1) is 11.3 Å². The molecule has 0 fully saturated rings. The average molecular weight is 534 g/mol. The number of nitrogens with one attached hydrogen (secondary N) is 2. The van der Waals surface area contributed by atoms with Crippen molar-refractivity contribution in [1.29, 1.82) is 0 Å². The van der Waals surface area contributed by atoms with Crippen molar-refractivity contribution in [2.24, 2.45) is 0 Å². The van der Waals surface area contributed by atoms with Crippen LogP contribution in [0.5, 0.6) is 0 Å². The van der Waals surface area contributed by atoms with Gasteiger partial charge in [0.25, 0.3) is 22.3 Å². The summed E-state index contributed by atoms with van der Waals surface area (Å²) >= 11 is 1.32. The van der Waals surface area contributed by atoms with E-state index in [1.54, 1.807) is 11.8 Å². The number of hydrogen-bond acceptors (Lipinski definition) is 10. The summed E-state index contributed by atoms with van der Waals surface area (Å²) in [6.07, 6.45) is 1.94. The summed E-state index contributed by atoms with van der Waals surface area (Å²) in [5.41, 5.74) is 7.43. The van der Waals surface area contributed by atoms with E-state index < -0.39 is 28.2 Å². The number of carbonyl (C=O) groups is 2. The number of fused-ring (bicyclic) bond motifs is 4. The molecule has 12 heteroatoms. The molecule has 2 aromatic carbocycles. The molecule has 6 rings (SSSR count). The van der Waals surface area contributed by atoms with Crippen molar-refractivity contribution in [2.75, 3.05) is 23.8 Å². The highest BCUT2D eigenvalue weighted by atomic mass is 32.1. The van der Waals surface area contributed by atoms with Crippen molar-refractivity contribution in [3.05, 3.63) is 76.4 Å². The summed E-state index contributed by atoms with van der Waals surface area (Å²) in [5, 5.41) is 3.11. The first-order chi connectivity index (χ1) is 18.3. The molecule has 1 aliphatic carbocycles. The average Bonchev–Trinajstić information content (AvgIpc) is 3.60. The van der Waals surface area contributed by atoms with Crippen molar-refractivity contribution < 1.29 is 14.3 Å². The molecule has 1 amide bonds. The van der Waals surface area contributed by atoms with Crippen molar-refractivity contribution >= 4 is 50.5 Å². The Morgan fingerprint density at radius 1 is 1.24 bits per heavy atom. The van der Waals surface area contributed by atoms with E-state index in [-0.39, 0.29) is 36.3 Å². The molecule has 0 bridgehead atoms. The van der Waals surface area contributed by atoms with Crippen LogP contribution in [0.1, 0.15) is 51.4 Å². The molecular formula is C26H23N5O6S. The van der Waals surface area contributed by atoms with Crippen molar-refractivity contribution in [3.8, 4) is 0 Å². The number of nitrogens with two attached hydrogens (primary N) is 1. The minimum atomic E-state index is -0.664. The zero-order chi connectivity index (χ0) is 26.7. The van der Waals surface area contributed by atoms with Crippen LogP contribution in [0.2, 0.25) is 0 Å². The highest BCUT2D eigenvalue weighted by molar-refractivity contribution is 7.18. The SMILES string of the molecule is CCOC(=O)C1CCc2sc3nc(C(=O)NCc4ccc5c(c4)N(c4c(N)c(=O)c4=O)CC5)[nH]c(=O)c3c21. The van der Waals surface area contributed by atoms with Crippen LogP contribution in [0, 0.1) is 0 Å². The summed E-state index contributed by atoms with van der Waals surface area (Å²) in [4.78, 5) is 71.9. The van der Waals surface area contributed by atoms with Gasteiger partial charge in [-0.3, -0.25) is 24.0 Å². The topological polar surface area (TPSA) is 165 Å². The van der Waals surface area contributed by atoms with E-state index >= 15 is 0 Å². The maximum absolute atomic E-state index is 13.0. The number of hydrogen-bond donors (Lipinski definition) is 3. The quantitative estimate of drug-likeness (QED) is 0.245. The van der Waals surface area contributed by atoms with Gasteiger partial charge in [0.2, 0.25) is 5.82 Å². The number of amides is 1. The first-order valence-corrected chi connectivity index (χ1v) is 13.1. The number of carbonyl (C=O) groups excluding carboxylic acids is 2. The summed E-state index contributed by atoms with van der Waals surface area (Å²) in [6.45, 7) is 2.68. The number of aromatic nitrogens is 2. The predicted molar refractivity (Wildman–Crippen MR) is 142 cm³/mol. The lowest BCUT2D eigenvalue weighted by molar-refractivity contribution is -0.144. The Bertz CT molecular complexity index is 1780. The number of nitrogens with zero attached hydrogens (tertiary/aromatic N) is 2. The Hall–Kier alpha value is -4.32. The zero-order valence-electron chi connectivity index (χ0n) is 20.4. The molecule has 2 aromatic heterocycles. The van der Waals surface area contributed by atoms with E-state index in [0.29, 0.717) is 41.6 Å². The van der Waals surface area contributed by atoms with Gasteiger partial charge in [0.15, 0.2) is 0 Å². The Morgan fingerprint density at radius 2 is 2.05 bits per heavy atom. The van der Waals surface area contributed by atoms with Gasteiger partial charge in [-0.25, -0.2) is 4.98 Å². The Balaban J connectivity index is 1.22. The van der Waals surface area contributed by atoms with Gasteiger partial charge in [-0.1, -0.05) is 12.1 Å². The number of thiophene rings is 1. The van der Waals surface area contributed by atoms with Gasteiger partial charge in [-0.05, 0) is 48.9 Å². The van der Waals surface area contributed by atoms with E-state index in [9.17, 15) is 24.0 Å². The first kappa shape index (κ1) is 24.0. The third kappa shape index (κ3) is 3.63. The first-order valence-electron chi connectivity index (χ1n) is 12.3. The molecule has 4 N–H and O–H groups in total. The van der Waals surface area contributed by atoms with E-state index in [0.717, 1.165) is 21.7 Å².